The molecule has 0 bridgehead atoms. The van der Waals surface area contributed by atoms with Gasteiger partial charge in [0, 0.05) is 5.69 Å². The van der Waals surface area contributed by atoms with E-state index in [9.17, 15) is 0 Å². The first kappa shape index (κ1) is 15.6. The Morgan fingerprint density at radius 1 is 1.32 bits per heavy atom. The van der Waals surface area contributed by atoms with Crippen molar-refractivity contribution in [3.05, 3.63) is 54.0 Å². The Morgan fingerprint density at radius 3 is 2.84 bits per heavy atom. The summed E-state index contributed by atoms with van der Waals surface area (Å²) in [6.45, 7) is 2.56. The summed E-state index contributed by atoms with van der Waals surface area (Å²) in [4.78, 5) is 4.21. The summed E-state index contributed by atoms with van der Waals surface area (Å²) >= 11 is 0. The van der Waals surface area contributed by atoms with Crippen LogP contribution >= 0.6 is 24.0 Å². The topological polar surface area (TPSA) is 63.5 Å². The average molecular weight is 371 g/mol. The quantitative estimate of drug-likeness (QED) is 0.492. The number of nitrogens with zero attached hydrogens (tertiary/aromatic N) is 1. The molecule has 0 aliphatic rings. The van der Waals surface area contributed by atoms with Gasteiger partial charge in [-0.05, 0) is 36.2 Å². The molecule has 0 unspecified atom stereocenters. The number of furan rings is 1. The molecule has 2 aromatic rings. The SMILES string of the molecule is CCc1cccc(NC(N)=NCc2ccco2)c1.I. The Balaban J connectivity index is 0.00000180. The first-order chi connectivity index (χ1) is 8.78. The van der Waals surface area contributed by atoms with Crippen LogP contribution in [0.5, 0.6) is 0 Å². The van der Waals surface area contributed by atoms with Gasteiger partial charge in [-0.2, -0.15) is 0 Å². The number of aliphatic imine (C=N–C) groups is 1. The highest BCUT2D eigenvalue weighted by molar-refractivity contribution is 14.0. The summed E-state index contributed by atoms with van der Waals surface area (Å²) in [7, 11) is 0. The Labute approximate surface area is 130 Å². The van der Waals surface area contributed by atoms with Gasteiger partial charge in [0.2, 0.25) is 0 Å². The maximum absolute atomic E-state index is 5.81. The summed E-state index contributed by atoms with van der Waals surface area (Å²) in [6.07, 6.45) is 2.62. The molecule has 5 heteroatoms. The third-order valence-electron chi connectivity index (χ3n) is 2.59. The summed E-state index contributed by atoms with van der Waals surface area (Å²) in [5.41, 5.74) is 8.03. The molecule has 0 atom stereocenters. The lowest BCUT2D eigenvalue weighted by atomic mass is 10.1. The van der Waals surface area contributed by atoms with Gasteiger partial charge in [0.15, 0.2) is 5.96 Å². The lowest BCUT2D eigenvalue weighted by molar-refractivity contribution is 0.513. The minimum absolute atomic E-state index is 0. The molecule has 1 aromatic carbocycles. The zero-order chi connectivity index (χ0) is 12.8. The van der Waals surface area contributed by atoms with Crippen molar-refractivity contribution < 1.29 is 4.42 Å². The van der Waals surface area contributed by atoms with Gasteiger partial charge in [-0.3, -0.25) is 0 Å². The van der Waals surface area contributed by atoms with E-state index in [4.69, 9.17) is 10.2 Å². The van der Waals surface area contributed by atoms with Gasteiger partial charge in [-0.1, -0.05) is 19.1 Å². The van der Waals surface area contributed by atoms with E-state index >= 15 is 0 Å². The maximum Gasteiger partial charge on any atom is 0.193 e. The molecule has 0 spiro atoms. The highest BCUT2D eigenvalue weighted by atomic mass is 127. The van der Waals surface area contributed by atoms with Crippen LogP contribution in [-0.4, -0.2) is 5.96 Å². The molecule has 0 saturated carbocycles. The van der Waals surface area contributed by atoms with Crippen LogP contribution in [0.4, 0.5) is 5.69 Å². The molecular formula is C14H18IN3O. The molecule has 0 amide bonds. The van der Waals surface area contributed by atoms with Crippen LogP contribution in [0.25, 0.3) is 0 Å². The summed E-state index contributed by atoms with van der Waals surface area (Å²) in [5, 5.41) is 3.07. The number of hydrogen-bond donors (Lipinski definition) is 2. The number of halogens is 1. The zero-order valence-electron chi connectivity index (χ0n) is 10.8. The monoisotopic (exact) mass is 371 g/mol. The van der Waals surface area contributed by atoms with Gasteiger partial charge in [0.05, 0.1) is 6.26 Å². The number of nitrogens with one attached hydrogen (secondary N) is 1. The summed E-state index contributed by atoms with van der Waals surface area (Å²) in [5.74, 6) is 1.18. The second-order valence-electron chi connectivity index (χ2n) is 3.96. The van der Waals surface area contributed by atoms with E-state index in [0.717, 1.165) is 17.9 Å². The van der Waals surface area contributed by atoms with Crippen LogP contribution in [0, 0.1) is 0 Å². The molecule has 2 rings (SSSR count). The molecule has 19 heavy (non-hydrogen) atoms. The highest BCUT2D eigenvalue weighted by Gasteiger charge is 1.98. The van der Waals surface area contributed by atoms with Crippen LogP contribution in [0.3, 0.4) is 0 Å². The van der Waals surface area contributed by atoms with Crippen molar-refractivity contribution in [2.24, 2.45) is 10.7 Å². The average Bonchev–Trinajstić information content (AvgIpc) is 2.90. The lowest BCUT2D eigenvalue weighted by Crippen LogP contribution is -2.22. The number of anilines is 1. The second kappa shape index (κ2) is 7.83. The van der Waals surface area contributed by atoms with E-state index in [-0.39, 0.29) is 24.0 Å². The Hall–Kier alpha value is -1.50. The number of hydrogen-bond acceptors (Lipinski definition) is 2. The molecule has 1 heterocycles. The second-order valence-corrected chi connectivity index (χ2v) is 3.96. The van der Waals surface area contributed by atoms with E-state index < -0.39 is 0 Å². The molecular weight excluding hydrogens is 353 g/mol. The molecule has 3 N–H and O–H groups in total. The third-order valence-corrected chi connectivity index (χ3v) is 2.59. The number of nitrogens with two attached hydrogens (primary N) is 1. The molecule has 102 valence electrons. The van der Waals surface area contributed by atoms with Crippen molar-refractivity contribution in [1.82, 2.24) is 0 Å². The third kappa shape index (κ3) is 4.94. The van der Waals surface area contributed by atoms with Crippen LogP contribution in [-0.2, 0) is 13.0 Å². The number of aryl methyl sites for hydroxylation is 1. The summed E-state index contributed by atoms with van der Waals surface area (Å²) in [6, 6.07) is 11.8. The fraction of sp³-hybridized carbons (Fsp3) is 0.214. The molecule has 0 saturated heterocycles. The maximum atomic E-state index is 5.81. The summed E-state index contributed by atoms with van der Waals surface area (Å²) < 4.78 is 5.18. The smallest absolute Gasteiger partial charge is 0.193 e. The van der Waals surface area contributed by atoms with Crippen molar-refractivity contribution in [2.75, 3.05) is 5.32 Å². The molecule has 4 nitrogen and oxygen atoms in total. The van der Waals surface area contributed by atoms with E-state index in [1.54, 1.807) is 6.26 Å². The lowest BCUT2D eigenvalue weighted by Gasteiger charge is -2.06. The normalized spacial score (nSPS) is 10.9. The van der Waals surface area contributed by atoms with Gasteiger partial charge >= 0.3 is 0 Å². The van der Waals surface area contributed by atoms with Gasteiger partial charge in [-0.25, -0.2) is 4.99 Å². The van der Waals surface area contributed by atoms with Crippen LogP contribution < -0.4 is 11.1 Å². The van der Waals surface area contributed by atoms with Gasteiger partial charge in [-0.15, -0.1) is 24.0 Å². The van der Waals surface area contributed by atoms with E-state index in [1.807, 2.05) is 24.3 Å². The predicted molar refractivity (Wildman–Crippen MR) is 88.9 cm³/mol. The van der Waals surface area contributed by atoms with E-state index in [2.05, 4.69) is 29.4 Å². The largest absolute Gasteiger partial charge is 0.467 e. The molecule has 0 aliphatic heterocycles. The number of guanidine groups is 1. The van der Waals surface area contributed by atoms with Crippen molar-refractivity contribution >= 4 is 35.6 Å². The first-order valence-corrected chi connectivity index (χ1v) is 5.96. The predicted octanol–water partition coefficient (Wildman–Crippen LogP) is 3.39. The first-order valence-electron chi connectivity index (χ1n) is 5.96. The van der Waals surface area contributed by atoms with Crippen molar-refractivity contribution in [3.63, 3.8) is 0 Å². The minimum atomic E-state index is 0. The zero-order valence-corrected chi connectivity index (χ0v) is 13.1. The van der Waals surface area contributed by atoms with Crippen molar-refractivity contribution in [2.45, 2.75) is 19.9 Å². The number of benzene rings is 1. The van der Waals surface area contributed by atoms with Crippen molar-refractivity contribution in [3.8, 4) is 0 Å². The van der Waals surface area contributed by atoms with Gasteiger partial charge in [0.1, 0.15) is 12.3 Å². The Bertz CT molecular complexity index is 523. The van der Waals surface area contributed by atoms with Crippen LogP contribution in [0.1, 0.15) is 18.2 Å². The van der Waals surface area contributed by atoms with Crippen molar-refractivity contribution in [1.29, 1.82) is 0 Å². The fourth-order valence-electron chi connectivity index (χ4n) is 1.62. The Morgan fingerprint density at radius 2 is 2.16 bits per heavy atom. The number of rotatable bonds is 4. The standard InChI is InChI=1S/C14H17N3O.HI/c1-2-11-5-3-6-12(9-11)17-14(15)16-10-13-7-4-8-18-13;/h3-9H,2,10H2,1H3,(H3,15,16,17);1H. The highest BCUT2D eigenvalue weighted by Crippen LogP contribution is 2.10. The molecule has 1 aromatic heterocycles. The molecule has 0 aliphatic carbocycles. The molecule has 0 fully saturated rings. The van der Waals surface area contributed by atoms with Crippen LogP contribution in [0.15, 0.2) is 52.1 Å². The van der Waals surface area contributed by atoms with Crippen LogP contribution in [0.2, 0.25) is 0 Å². The Kier molecular flexibility index (Phi) is 6.41. The fourth-order valence-corrected chi connectivity index (χ4v) is 1.62. The minimum Gasteiger partial charge on any atom is -0.467 e. The van der Waals surface area contributed by atoms with Gasteiger partial charge in [0.25, 0.3) is 0 Å². The van der Waals surface area contributed by atoms with E-state index in [0.29, 0.717) is 12.5 Å². The van der Waals surface area contributed by atoms with E-state index in [1.165, 1.54) is 5.56 Å². The molecule has 0 radical (unpaired) electrons. The van der Waals surface area contributed by atoms with Gasteiger partial charge < -0.3 is 15.5 Å².